The Hall–Kier alpha value is -2.44. The Morgan fingerprint density at radius 1 is 0.821 bits per heavy atom. The molecule has 0 aliphatic carbocycles. The van der Waals surface area contributed by atoms with Gasteiger partial charge in [0.25, 0.3) is 11.8 Å². The number of benzene rings is 2. The zero-order chi connectivity index (χ0) is 20.3. The first-order chi connectivity index (χ1) is 13.4. The fourth-order valence-corrected chi connectivity index (χ4v) is 3.65. The summed E-state index contributed by atoms with van der Waals surface area (Å²) in [7, 11) is 3.06. The normalized spacial score (nSPS) is 14.0. The Bertz CT molecular complexity index is 876. The number of nitrogens with zero attached hydrogens (tertiary/aromatic N) is 2. The van der Waals surface area contributed by atoms with Crippen molar-refractivity contribution in [3.8, 4) is 11.5 Å². The van der Waals surface area contributed by atoms with Crippen LogP contribution in [0.4, 0.5) is 0 Å². The highest BCUT2D eigenvalue weighted by molar-refractivity contribution is 6.35. The van der Waals surface area contributed by atoms with Gasteiger partial charge in [-0.2, -0.15) is 0 Å². The van der Waals surface area contributed by atoms with Gasteiger partial charge in [0.2, 0.25) is 0 Å². The number of carbonyl (C=O) groups excluding carboxylic acids is 2. The summed E-state index contributed by atoms with van der Waals surface area (Å²) in [5, 5.41) is 0.824. The summed E-state index contributed by atoms with van der Waals surface area (Å²) in [6.07, 6.45) is 0. The van der Waals surface area contributed by atoms with Gasteiger partial charge < -0.3 is 19.3 Å². The van der Waals surface area contributed by atoms with Gasteiger partial charge in [-0.1, -0.05) is 23.2 Å². The molecule has 0 bridgehead atoms. The number of hydrogen-bond donors (Lipinski definition) is 0. The fraction of sp³-hybridized carbons (Fsp3) is 0.300. The molecule has 0 radical (unpaired) electrons. The molecule has 6 nitrogen and oxygen atoms in total. The van der Waals surface area contributed by atoms with E-state index in [1.807, 2.05) is 0 Å². The van der Waals surface area contributed by atoms with Crippen LogP contribution in [0.5, 0.6) is 11.5 Å². The Labute approximate surface area is 173 Å². The third kappa shape index (κ3) is 4.34. The van der Waals surface area contributed by atoms with Gasteiger partial charge in [-0.15, -0.1) is 0 Å². The Balaban J connectivity index is 1.70. The molecule has 28 heavy (non-hydrogen) atoms. The van der Waals surface area contributed by atoms with Crippen molar-refractivity contribution in [2.75, 3.05) is 40.4 Å². The van der Waals surface area contributed by atoms with Crippen LogP contribution < -0.4 is 9.47 Å². The summed E-state index contributed by atoms with van der Waals surface area (Å²) in [6, 6.07) is 9.87. The summed E-state index contributed by atoms with van der Waals surface area (Å²) in [5.41, 5.74) is 0.870. The minimum absolute atomic E-state index is 0.157. The van der Waals surface area contributed by atoms with Crippen LogP contribution in [0.25, 0.3) is 0 Å². The van der Waals surface area contributed by atoms with E-state index in [1.165, 1.54) is 7.11 Å². The van der Waals surface area contributed by atoms with Crippen LogP contribution in [0.15, 0.2) is 36.4 Å². The molecule has 2 aromatic carbocycles. The molecule has 8 heteroatoms. The van der Waals surface area contributed by atoms with Crippen molar-refractivity contribution in [2.24, 2.45) is 0 Å². The maximum absolute atomic E-state index is 12.9. The number of piperazine rings is 1. The van der Waals surface area contributed by atoms with Crippen molar-refractivity contribution >= 4 is 35.0 Å². The fourth-order valence-electron chi connectivity index (χ4n) is 3.12. The highest BCUT2D eigenvalue weighted by Gasteiger charge is 2.27. The van der Waals surface area contributed by atoms with Gasteiger partial charge in [-0.25, -0.2) is 0 Å². The topological polar surface area (TPSA) is 59.1 Å². The van der Waals surface area contributed by atoms with E-state index < -0.39 is 0 Å². The van der Waals surface area contributed by atoms with Gasteiger partial charge in [-0.05, 0) is 36.4 Å². The number of hydrogen-bond acceptors (Lipinski definition) is 4. The number of rotatable bonds is 4. The molecule has 0 saturated carbocycles. The predicted octanol–water partition coefficient (Wildman–Crippen LogP) is 3.61. The second-order valence-electron chi connectivity index (χ2n) is 6.31. The Morgan fingerprint density at radius 2 is 1.39 bits per heavy atom. The first-order valence-electron chi connectivity index (χ1n) is 8.69. The molecule has 2 amide bonds. The van der Waals surface area contributed by atoms with E-state index in [9.17, 15) is 9.59 Å². The van der Waals surface area contributed by atoms with Crippen molar-refractivity contribution in [3.05, 3.63) is 57.6 Å². The van der Waals surface area contributed by atoms with Gasteiger partial charge in [0.15, 0.2) is 0 Å². The third-order valence-corrected chi connectivity index (χ3v) is 5.04. The van der Waals surface area contributed by atoms with Gasteiger partial charge in [0.05, 0.1) is 19.8 Å². The lowest BCUT2D eigenvalue weighted by atomic mass is 10.1. The summed E-state index contributed by atoms with van der Waals surface area (Å²) in [6.45, 7) is 1.67. The highest BCUT2D eigenvalue weighted by atomic mass is 35.5. The highest BCUT2D eigenvalue weighted by Crippen LogP contribution is 2.26. The zero-order valence-corrected chi connectivity index (χ0v) is 17.1. The molecule has 1 fully saturated rings. The lowest BCUT2D eigenvalue weighted by molar-refractivity contribution is 0.0533. The molecule has 3 rings (SSSR count). The summed E-state index contributed by atoms with van der Waals surface area (Å²) >= 11 is 12.0. The van der Waals surface area contributed by atoms with Crippen LogP contribution in [0.3, 0.4) is 0 Å². The van der Waals surface area contributed by atoms with Crippen molar-refractivity contribution in [1.29, 1.82) is 0 Å². The van der Waals surface area contributed by atoms with E-state index in [4.69, 9.17) is 32.7 Å². The molecule has 2 aromatic rings. The number of amides is 2. The predicted molar refractivity (Wildman–Crippen MR) is 108 cm³/mol. The van der Waals surface area contributed by atoms with Crippen LogP contribution >= 0.6 is 23.2 Å². The van der Waals surface area contributed by atoms with Gasteiger partial charge in [0.1, 0.15) is 11.5 Å². The minimum atomic E-state index is -0.159. The van der Waals surface area contributed by atoms with Crippen molar-refractivity contribution in [1.82, 2.24) is 9.80 Å². The van der Waals surface area contributed by atoms with Crippen molar-refractivity contribution in [2.45, 2.75) is 0 Å². The standard InChI is InChI=1S/C20H20Cl2N2O4/c1-27-16-3-4-18(28-2)17(12-16)20(26)24-7-5-23(6-8-24)19(25)13-9-14(21)11-15(22)10-13/h3-4,9-12H,5-8H2,1-2H3. The largest absolute Gasteiger partial charge is 0.497 e. The quantitative estimate of drug-likeness (QED) is 0.754. The lowest BCUT2D eigenvalue weighted by Gasteiger charge is -2.35. The van der Waals surface area contributed by atoms with Crippen LogP contribution in [0, 0.1) is 0 Å². The maximum Gasteiger partial charge on any atom is 0.257 e. The number of methoxy groups -OCH3 is 2. The van der Waals surface area contributed by atoms with Gasteiger partial charge in [-0.3, -0.25) is 9.59 Å². The molecule has 1 heterocycles. The molecule has 0 spiro atoms. The second-order valence-corrected chi connectivity index (χ2v) is 7.18. The van der Waals surface area contributed by atoms with E-state index in [0.29, 0.717) is 58.9 Å². The van der Waals surface area contributed by atoms with E-state index in [0.717, 1.165) is 0 Å². The van der Waals surface area contributed by atoms with Gasteiger partial charge in [0, 0.05) is 41.8 Å². The monoisotopic (exact) mass is 422 g/mol. The molecule has 148 valence electrons. The van der Waals surface area contributed by atoms with E-state index in [-0.39, 0.29) is 11.8 Å². The summed E-state index contributed by atoms with van der Waals surface area (Å²) < 4.78 is 10.5. The van der Waals surface area contributed by atoms with E-state index >= 15 is 0 Å². The molecule has 1 aliphatic rings. The first-order valence-corrected chi connectivity index (χ1v) is 9.45. The average Bonchev–Trinajstić information content (AvgIpc) is 2.71. The Morgan fingerprint density at radius 3 is 1.93 bits per heavy atom. The van der Waals surface area contributed by atoms with Crippen LogP contribution in [-0.4, -0.2) is 62.0 Å². The molecular formula is C20H20Cl2N2O4. The SMILES string of the molecule is COc1ccc(OC)c(C(=O)N2CCN(C(=O)c3cc(Cl)cc(Cl)c3)CC2)c1. The third-order valence-electron chi connectivity index (χ3n) is 4.60. The second kappa shape index (κ2) is 8.71. The first kappa shape index (κ1) is 20.3. The average molecular weight is 423 g/mol. The molecule has 0 atom stereocenters. The molecule has 1 aliphatic heterocycles. The smallest absolute Gasteiger partial charge is 0.257 e. The molecule has 0 aromatic heterocycles. The zero-order valence-electron chi connectivity index (χ0n) is 15.6. The number of ether oxygens (including phenoxy) is 2. The van der Waals surface area contributed by atoms with Gasteiger partial charge >= 0.3 is 0 Å². The Kier molecular flexibility index (Phi) is 6.31. The molecule has 1 saturated heterocycles. The summed E-state index contributed by atoms with van der Waals surface area (Å²) in [4.78, 5) is 29.0. The minimum Gasteiger partial charge on any atom is -0.497 e. The molecule has 0 N–H and O–H groups in total. The number of carbonyl (C=O) groups is 2. The van der Waals surface area contributed by atoms with E-state index in [1.54, 1.807) is 53.3 Å². The lowest BCUT2D eigenvalue weighted by Crippen LogP contribution is -2.50. The van der Waals surface area contributed by atoms with Crippen molar-refractivity contribution < 1.29 is 19.1 Å². The molecule has 0 unspecified atom stereocenters. The van der Waals surface area contributed by atoms with E-state index in [2.05, 4.69) is 0 Å². The van der Waals surface area contributed by atoms with Crippen LogP contribution in [0.2, 0.25) is 10.0 Å². The van der Waals surface area contributed by atoms with Crippen LogP contribution in [-0.2, 0) is 0 Å². The number of halogens is 2. The van der Waals surface area contributed by atoms with Crippen molar-refractivity contribution in [3.63, 3.8) is 0 Å². The van der Waals surface area contributed by atoms with Crippen LogP contribution in [0.1, 0.15) is 20.7 Å². The summed E-state index contributed by atoms with van der Waals surface area (Å²) in [5.74, 6) is 0.748. The molecular weight excluding hydrogens is 403 g/mol. The maximum atomic E-state index is 12.9.